The normalized spacial score (nSPS) is 18.1. The molecule has 1 aromatic carbocycles. The van der Waals surface area contributed by atoms with Gasteiger partial charge in [0.25, 0.3) is 5.91 Å². The van der Waals surface area contributed by atoms with Crippen molar-refractivity contribution >= 4 is 11.8 Å². The Morgan fingerprint density at radius 3 is 2.52 bits per heavy atom. The molecule has 1 aliphatic heterocycles. The van der Waals surface area contributed by atoms with E-state index in [2.05, 4.69) is 22.0 Å². The maximum atomic E-state index is 12.5. The minimum atomic E-state index is -0.467. The predicted octanol–water partition coefficient (Wildman–Crippen LogP) is 0.936. The molecule has 25 heavy (non-hydrogen) atoms. The maximum Gasteiger partial charge on any atom is 0.272 e. The third-order valence-corrected chi connectivity index (χ3v) is 4.52. The van der Waals surface area contributed by atoms with Gasteiger partial charge in [-0.05, 0) is 24.1 Å². The van der Waals surface area contributed by atoms with Crippen molar-refractivity contribution in [2.75, 3.05) is 26.2 Å². The molecular formula is C19H22N4O2. The number of nitrogens with two attached hydrogens (primary N) is 1. The second-order valence-corrected chi connectivity index (χ2v) is 6.16. The van der Waals surface area contributed by atoms with Crippen molar-refractivity contribution in [1.29, 1.82) is 0 Å². The molecule has 1 atom stereocenters. The van der Waals surface area contributed by atoms with Crippen LogP contribution in [-0.4, -0.2) is 58.8 Å². The summed E-state index contributed by atoms with van der Waals surface area (Å²) < 4.78 is 0. The molecule has 0 bridgehead atoms. The lowest BCUT2D eigenvalue weighted by atomic mass is 10.1. The highest BCUT2D eigenvalue weighted by molar-refractivity contribution is 5.93. The predicted molar refractivity (Wildman–Crippen MR) is 94.8 cm³/mol. The number of hydrogen-bond acceptors (Lipinski definition) is 4. The first kappa shape index (κ1) is 17.1. The van der Waals surface area contributed by atoms with Gasteiger partial charge in [0.15, 0.2) is 0 Å². The van der Waals surface area contributed by atoms with Crippen LogP contribution in [0.1, 0.15) is 16.1 Å². The number of amides is 2. The number of aromatic nitrogens is 1. The number of carbonyl (C=O) groups is 2. The van der Waals surface area contributed by atoms with Crippen molar-refractivity contribution in [3.63, 3.8) is 0 Å². The largest absolute Gasteiger partial charge is 0.368 e. The van der Waals surface area contributed by atoms with Gasteiger partial charge in [0.05, 0.1) is 0 Å². The Bertz CT molecular complexity index is 721. The average molecular weight is 338 g/mol. The molecule has 1 fully saturated rings. The molecule has 1 saturated heterocycles. The fourth-order valence-electron chi connectivity index (χ4n) is 3.11. The van der Waals surface area contributed by atoms with Gasteiger partial charge in [0.1, 0.15) is 11.7 Å². The summed E-state index contributed by atoms with van der Waals surface area (Å²) in [6, 6.07) is 14.9. The Labute approximate surface area is 147 Å². The van der Waals surface area contributed by atoms with E-state index >= 15 is 0 Å². The van der Waals surface area contributed by atoms with E-state index in [1.54, 1.807) is 29.3 Å². The molecule has 0 unspecified atom stereocenters. The monoisotopic (exact) mass is 338 g/mol. The van der Waals surface area contributed by atoms with E-state index in [9.17, 15) is 9.59 Å². The fraction of sp³-hybridized carbons (Fsp3) is 0.316. The third-order valence-electron chi connectivity index (χ3n) is 4.52. The Morgan fingerprint density at radius 2 is 1.84 bits per heavy atom. The SMILES string of the molecule is NC(=O)[C@H]1CN(C(=O)c2ccccn2)CCN1CCc1ccccc1. The summed E-state index contributed by atoms with van der Waals surface area (Å²) in [5.74, 6) is -0.554. The Morgan fingerprint density at radius 1 is 1.08 bits per heavy atom. The maximum absolute atomic E-state index is 12.5. The molecule has 6 heteroatoms. The zero-order chi connectivity index (χ0) is 17.6. The van der Waals surface area contributed by atoms with Crippen molar-refractivity contribution in [3.8, 4) is 0 Å². The van der Waals surface area contributed by atoms with E-state index in [1.807, 2.05) is 18.2 Å². The van der Waals surface area contributed by atoms with Crippen LogP contribution in [0.25, 0.3) is 0 Å². The highest BCUT2D eigenvalue weighted by atomic mass is 16.2. The van der Waals surface area contributed by atoms with Crippen LogP contribution in [0, 0.1) is 0 Å². The minimum absolute atomic E-state index is 0.158. The molecular weight excluding hydrogens is 316 g/mol. The van der Waals surface area contributed by atoms with Gasteiger partial charge < -0.3 is 10.6 Å². The van der Waals surface area contributed by atoms with E-state index in [0.29, 0.717) is 25.3 Å². The molecule has 3 rings (SSSR count). The summed E-state index contributed by atoms with van der Waals surface area (Å²) in [6.45, 7) is 2.23. The second-order valence-electron chi connectivity index (χ2n) is 6.16. The molecule has 2 heterocycles. The van der Waals surface area contributed by atoms with Gasteiger partial charge >= 0.3 is 0 Å². The number of pyridine rings is 1. The summed E-state index contributed by atoms with van der Waals surface area (Å²) in [6.07, 6.45) is 2.44. The average Bonchev–Trinajstić information content (AvgIpc) is 2.67. The van der Waals surface area contributed by atoms with E-state index < -0.39 is 11.9 Å². The van der Waals surface area contributed by atoms with Crippen LogP contribution in [0.4, 0.5) is 0 Å². The molecule has 1 aliphatic rings. The number of primary amides is 1. The standard InChI is InChI=1S/C19H22N4O2/c20-18(24)17-14-23(19(25)16-8-4-5-10-21-16)13-12-22(17)11-9-15-6-2-1-3-7-15/h1-8,10,17H,9,11-14H2,(H2,20,24)/t17-/m1/s1. The van der Waals surface area contributed by atoms with Gasteiger partial charge in [-0.15, -0.1) is 0 Å². The summed E-state index contributed by atoms with van der Waals surface area (Å²) in [7, 11) is 0. The first-order valence-corrected chi connectivity index (χ1v) is 8.43. The van der Waals surface area contributed by atoms with Gasteiger partial charge in [-0.2, -0.15) is 0 Å². The molecule has 0 saturated carbocycles. The lowest BCUT2D eigenvalue weighted by Gasteiger charge is -2.39. The van der Waals surface area contributed by atoms with E-state index in [4.69, 9.17) is 5.73 Å². The number of nitrogens with zero attached hydrogens (tertiary/aromatic N) is 3. The van der Waals surface area contributed by atoms with Gasteiger partial charge in [0, 0.05) is 32.4 Å². The van der Waals surface area contributed by atoms with E-state index in [1.165, 1.54) is 5.56 Å². The quantitative estimate of drug-likeness (QED) is 0.880. The molecule has 2 aromatic rings. The summed E-state index contributed by atoms with van der Waals surface area (Å²) >= 11 is 0. The summed E-state index contributed by atoms with van der Waals surface area (Å²) in [5.41, 5.74) is 7.21. The molecule has 2 N–H and O–H groups in total. The minimum Gasteiger partial charge on any atom is -0.368 e. The number of carbonyl (C=O) groups excluding carboxylic acids is 2. The number of piperazine rings is 1. The van der Waals surface area contributed by atoms with Crippen molar-refractivity contribution in [2.24, 2.45) is 5.73 Å². The van der Waals surface area contributed by atoms with Crippen LogP contribution in [0.5, 0.6) is 0 Å². The molecule has 0 spiro atoms. The third kappa shape index (κ3) is 4.22. The van der Waals surface area contributed by atoms with Crippen molar-refractivity contribution in [3.05, 3.63) is 66.0 Å². The zero-order valence-electron chi connectivity index (χ0n) is 14.0. The second kappa shape index (κ2) is 7.90. The van der Waals surface area contributed by atoms with Crippen LogP contribution in [0.2, 0.25) is 0 Å². The lowest BCUT2D eigenvalue weighted by molar-refractivity contribution is -0.125. The Kier molecular flexibility index (Phi) is 5.40. The summed E-state index contributed by atoms with van der Waals surface area (Å²) in [4.78, 5) is 32.3. The van der Waals surface area contributed by atoms with Crippen LogP contribution in [-0.2, 0) is 11.2 Å². The van der Waals surface area contributed by atoms with Crippen LogP contribution < -0.4 is 5.73 Å². The van der Waals surface area contributed by atoms with E-state index in [0.717, 1.165) is 13.0 Å². The molecule has 1 aromatic heterocycles. The van der Waals surface area contributed by atoms with Crippen LogP contribution >= 0.6 is 0 Å². The van der Waals surface area contributed by atoms with Crippen molar-refractivity contribution < 1.29 is 9.59 Å². The highest BCUT2D eigenvalue weighted by Crippen LogP contribution is 2.14. The van der Waals surface area contributed by atoms with Gasteiger partial charge in [-0.3, -0.25) is 19.5 Å². The molecule has 0 aliphatic carbocycles. The Balaban J connectivity index is 1.64. The lowest BCUT2D eigenvalue weighted by Crippen LogP contribution is -2.59. The topological polar surface area (TPSA) is 79.5 Å². The first-order chi connectivity index (χ1) is 12.1. The molecule has 6 nitrogen and oxygen atoms in total. The number of benzene rings is 1. The van der Waals surface area contributed by atoms with Gasteiger partial charge in [-0.25, -0.2) is 0 Å². The van der Waals surface area contributed by atoms with Gasteiger partial charge in [0.2, 0.25) is 5.91 Å². The highest BCUT2D eigenvalue weighted by Gasteiger charge is 2.33. The van der Waals surface area contributed by atoms with Gasteiger partial charge in [-0.1, -0.05) is 36.4 Å². The van der Waals surface area contributed by atoms with Crippen LogP contribution in [0.15, 0.2) is 54.7 Å². The number of rotatable bonds is 5. The van der Waals surface area contributed by atoms with Crippen molar-refractivity contribution in [1.82, 2.24) is 14.8 Å². The molecule has 0 radical (unpaired) electrons. The fourth-order valence-corrected chi connectivity index (χ4v) is 3.11. The molecule has 2 amide bonds. The first-order valence-electron chi connectivity index (χ1n) is 8.43. The molecule has 130 valence electrons. The summed E-state index contributed by atoms with van der Waals surface area (Å²) in [5, 5.41) is 0. The Hall–Kier alpha value is -2.73. The zero-order valence-corrected chi connectivity index (χ0v) is 14.0. The smallest absolute Gasteiger partial charge is 0.272 e. The van der Waals surface area contributed by atoms with E-state index in [-0.39, 0.29) is 5.91 Å². The number of hydrogen-bond donors (Lipinski definition) is 1. The van der Waals surface area contributed by atoms with Crippen LogP contribution in [0.3, 0.4) is 0 Å². The van der Waals surface area contributed by atoms with Crippen molar-refractivity contribution in [2.45, 2.75) is 12.5 Å².